The van der Waals surface area contributed by atoms with E-state index < -0.39 is 5.85 Å². The molecule has 1 spiro atoms. The number of amides is 1. The van der Waals surface area contributed by atoms with Crippen LogP contribution in [0.5, 0.6) is 5.75 Å². The van der Waals surface area contributed by atoms with Gasteiger partial charge in [0.1, 0.15) is 5.75 Å². The molecule has 0 saturated carbocycles. The van der Waals surface area contributed by atoms with Crippen LogP contribution < -0.4 is 4.74 Å². The average molecular weight is 428 g/mol. The summed E-state index contributed by atoms with van der Waals surface area (Å²) in [7, 11) is 0. The van der Waals surface area contributed by atoms with Gasteiger partial charge in [-0.2, -0.15) is 5.10 Å². The molecule has 0 aromatic heterocycles. The van der Waals surface area contributed by atoms with Crippen molar-refractivity contribution in [2.75, 3.05) is 5.75 Å². The second kappa shape index (κ2) is 7.17. The zero-order valence-corrected chi connectivity index (χ0v) is 17.7. The molecule has 0 N–H and O–H groups in total. The molecule has 0 aliphatic carbocycles. The van der Waals surface area contributed by atoms with Gasteiger partial charge in [-0.1, -0.05) is 90.6 Å². The van der Waals surface area contributed by atoms with Gasteiger partial charge in [0, 0.05) is 12.0 Å². The van der Waals surface area contributed by atoms with E-state index in [1.807, 2.05) is 76.6 Å². The Hall–Kier alpha value is -3.25. The summed E-state index contributed by atoms with van der Waals surface area (Å²) in [5, 5.41) is 7.12. The number of ether oxygens (including phenoxy) is 1. The lowest BCUT2D eigenvalue weighted by Crippen LogP contribution is -2.63. The molecule has 3 aliphatic heterocycles. The average Bonchev–Trinajstić information content (AvgIpc) is 3.40. The number of hydrazone groups is 1. The van der Waals surface area contributed by atoms with Crippen molar-refractivity contribution in [3.05, 3.63) is 102 Å². The van der Waals surface area contributed by atoms with Crippen molar-refractivity contribution in [3.8, 4) is 5.75 Å². The highest BCUT2D eigenvalue weighted by atomic mass is 32.2. The summed E-state index contributed by atoms with van der Waals surface area (Å²) in [4.78, 5) is 14.9. The van der Waals surface area contributed by atoms with E-state index in [2.05, 4.69) is 18.2 Å². The molecule has 1 saturated heterocycles. The third-order valence-corrected chi connectivity index (χ3v) is 7.12. The number of fused-ring (bicyclic) bond motifs is 4. The first kappa shape index (κ1) is 18.5. The van der Waals surface area contributed by atoms with Gasteiger partial charge in [0.25, 0.3) is 11.1 Å². The Morgan fingerprint density at radius 1 is 0.968 bits per heavy atom. The normalized spacial score (nSPS) is 24.1. The first-order valence-corrected chi connectivity index (χ1v) is 11.4. The fourth-order valence-corrected chi connectivity index (χ4v) is 5.66. The van der Waals surface area contributed by atoms with E-state index in [4.69, 9.17) is 9.84 Å². The van der Waals surface area contributed by atoms with Crippen LogP contribution in [0.15, 0.2) is 90.0 Å². The van der Waals surface area contributed by atoms with Gasteiger partial charge < -0.3 is 4.74 Å². The molecule has 31 heavy (non-hydrogen) atoms. The van der Waals surface area contributed by atoms with Gasteiger partial charge in [-0.3, -0.25) is 9.69 Å². The smallest absolute Gasteiger partial charge is 0.292 e. The summed E-state index contributed by atoms with van der Waals surface area (Å²) >= 11 is 1.30. The van der Waals surface area contributed by atoms with Crippen LogP contribution in [0, 0.1) is 0 Å². The van der Waals surface area contributed by atoms with Crippen molar-refractivity contribution in [2.45, 2.75) is 24.9 Å². The van der Waals surface area contributed by atoms with Crippen LogP contribution in [0.1, 0.15) is 29.2 Å². The number of nitrogens with zero attached hydrogens (tertiary/aromatic N) is 3. The number of carbonyl (C=O) groups is 1. The maximum Gasteiger partial charge on any atom is 0.292 e. The lowest BCUT2D eigenvalue weighted by atomic mass is 9.96. The predicted molar refractivity (Wildman–Crippen MR) is 122 cm³/mol. The minimum Gasteiger partial charge on any atom is -0.447 e. The molecule has 3 aliphatic rings. The molecule has 0 bridgehead atoms. The molecule has 5 nitrogen and oxygen atoms in total. The molecule has 154 valence electrons. The number of hydrogen-bond donors (Lipinski definition) is 0. The molecule has 0 unspecified atom stereocenters. The molecule has 3 heterocycles. The Labute approximate surface area is 185 Å². The van der Waals surface area contributed by atoms with Crippen LogP contribution in [-0.4, -0.2) is 32.5 Å². The molecule has 3 aromatic rings. The van der Waals surface area contributed by atoms with Crippen molar-refractivity contribution in [1.29, 1.82) is 0 Å². The molecule has 3 aromatic carbocycles. The van der Waals surface area contributed by atoms with Crippen LogP contribution in [0.2, 0.25) is 0 Å². The summed E-state index contributed by atoms with van der Waals surface area (Å²) in [5.41, 5.74) is 4.32. The Bertz CT molecular complexity index is 1170. The maximum absolute atomic E-state index is 13.0. The Morgan fingerprint density at radius 2 is 1.68 bits per heavy atom. The largest absolute Gasteiger partial charge is 0.447 e. The summed E-state index contributed by atoms with van der Waals surface area (Å²) in [6, 6.07) is 28.5. The number of hydrogen-bond acceptors (Lipinski definition) is 5. The second-order valence-corrected chi connectivity index (χ2v) is 8.91. The quantitative estimate of drug-likeness (QED) is 0.573. The topological polar surface area (TPSA) is 45.1 Å². The number of rotatable bonds is 3. The minimum absolute atomic E-state index is 0.0188. The monoisotopic (exact) mass is 427 g/mol. The van der Waals surface area contributed by atoms with Gasteiger partial charge in [-0.15, -0.1) is 0 Å². The SMILES string of the molecule is O=C1SC[C@@]2(Oc3ccccc3[C@H]3CC(c4ccccc4)=NN32)N1Cc1ccccc1. The second-order valence-electron chi connectivity index (χ2n) is 7.99. The third-order valence-electron chi connectivity index (χ3n) is 6.14. The number of thioether (sulfide) groups is 1. The number of benzene rings is 3. The minimum atomic E-state index is -0.937. The summed E-state index contributed by atoms with van der Waals surface area (Å²) in [6.07, 6.45) is 0.782. The summed E-state index contributed by atoms with van der Waals surface area (Å²) < 4.78 is 6.64. The molecule has 6 rings (SSSR count). The Morgan fingerprint density at radius 3 is 2.48 bits per heavy atom. The van der Waals surface area contributed by atoms with Gasteiger partial charge in [0.2, 0.25) is 0 Å². The van der Waals surface area contributed by atoms with E-state index in [-0.39, 0.29) is 11.3 Å². The van der Waals surface area contributed by atoms with Crippen molar-refractivity contribution < 1.29 is 9.53 Å². The standard InChI is InChI=1S/C25H21N3O2S/c29-24-27(16-18-9-3-1-4-10-18)25(17-31-24)28-22(20-13-7-8-14-23(20)30-25)15-21(26-28)19-11-5-2-6-12-19/h1-14,22H,15-17H2/t22-,25-/m1/s1. The van der Waals surface area contributed by atoms with Crippen LogP contribution in [0.3, 0.4) is 0 Å². The van der Waals surface area contributed by atoms with E-state index in [1.165, 1.54) is 11.8 Å². The van der Waals surface area contributed by atoms with E-state index >= 15 is 0 Å². The van der Waals surface area contributed by atoms with Crippen molar-refractivity contribution >= 4 is 22.7 Å². The van der Waals surface area contributed by atoms with Crippen molar-refractivity contribution in [1.82, 2.24) is 9.91 Å². The maximum atomic E-state index is 13.0. The fraction of sp³-hybridized carbons (Fsp3) is 0.200. The first-order valence-electron chi connectivity index (χ1n) is 10.4. The zero-order chi connectivity index (χ0) is 20.8. The summed E-state index contributed by atoms with van der Waals surface area (Å²) in [5.74, 6) is 0.406. The fourth-order valence-electron chi connectivity index (χ4n) is 4.63. The molecule has 0 radical (unpaired) electrons. The van der Waals surface area contributed by atoms with Gasteiger partial charge in [0.05, 0.1) is 24.1 Å². The highest BCUT2D eigenvalue weighted by molar-refractivity contribution is 8.13. The molecule has 1 amide bonds. The van der Waals surface area contributed by atoms with Crippen LogP contribution >= 0.6 is 11.8 Å². The molecule has 2 atom stereocenters. The number of para-hydroxylation sites is 1. The molecule has 1 fully saturated rings. The first-order chi connectivity index (χ1) is 15.2. The molecular weight excluding hydrogens is 406 g/mol. The van der Waals surface area contributed by atoms with Crippen molar-refractivity contribution in [3.63, 3.8) is 0 Å². The Kier molecular flexibility index (Phi) is 4.28. The predicted octanol–water partition coefficient (Wildman–Crippen LogP) is 5.25. The van der Waals surface area contributed by atoms with Crippen LogP contribution in [0.4, 0.5) is 4.79 Å². The lowest BCUT2D eigenvalue weighted by Gasteiger charge is -2.48. The van der Waals surface area contributed by atoms with Gasteiger partial charge in [-0.25, -0.2) is 5.01 Å². The molecule has 6 heteroatoms. The van der Waals surface area contributed by atoms with Gasteiger partial charge in [-0.05, 0) is 17.2 Å². The summed E-state index contributed by atoms with van der Waals surface area (Å²) in [6.45, 7) is 0.480. The van der Waals surface area contributed by atoms with E-state index in [1.54, 1.807) is 0 Å². The third kappa shape index (κ3) is 2.93. The Balaban J connectivity index is 1.47. The van der Waals surface area contributed by atoms with Crippen LogP contribution in [-0.2, 0) is 6.54 Å². The van der Waals surface area contributed by atoms with Crippen LogP contribution in [0.25, 0.3) is 0 Å². The zero-order valence-electron chi connectivity index (χ0n) is 16.8. The van der Waals surface area contributed by atoms with Gasteiger partial charge in [0.15, 0.2) is 0 Å². The van der Waals surface area contributed by atoms with E-state index in [0.717, 1.165) is 34.6 Å². The van der Waals surface area contributed by atoms with E-state index in [0.29, 0.717) is 12.3 Å². The van der Waals surface area contributed by atoms with Crippen molar-refractivity contribution in [2.24, 2.45) is 5.10 Å². The highest BCUT2D eigenvalue weighted by Crippen LogP contribution is 2.51. The lowest BCUT2D eigenvalue weighted by molar-refractivity contribution is -0.180. The molecular formula is C25H21N3O2S. The van der Waals surface area contributed by atoms with E-state index in [9.17, 15) is 4.79 Å². The highest BCUT2D eigenvalue weighted by Gasteiger charge is 2.59. The number of carbonyl (C=O) groups excluding carboxylic acids is 1. The van der Waals surface area contributed by atoms with Gasteiger partial charge >= 0.3 is 0 Å².